The number of rotatable bonds is 5. The molecule has 1 amide bonds. The first-order chi connectivity index (χ1) is 11.1. The van der Waals surface area contributed by atoms with Gasteiger partial charge in [0, 0.05) is 30.8 Å². The first-order valence-electron chi connectivity index (χ1n) is 7.60. The van der Waals surface area contributed by atoms with E-state index in [-0.39, 0.29) is 24.0 Å². The largest absolute Gasteiger partial charge is 0.393 e. The summed E-state index contributed by atoms with van der Waals surface area (Å²) in [4.78, 5) is 20.4. The quantitative estimate of drug-likeness (QED) is 0.881. The second kappa shape index (κ2) is 7.06. The maximum Gasteiger partial charge on any atom is 0.253 e. The van der Waals surface area contributed by atoms with E-state index >= 15 is 0 Å². The first-order valence-corrected chi connectivity index (χ1v) is 7.98. The molecule has 23 heavy (non-hydrogen) atoms. The Labute approximate surface area is 139 Å². The number of pyridine rings is 2. The van der Waals surface area contributed by atoms with E-state index in [2.05, 4.69) is 15.3 Å². The topological polar surface area (TPSA) is 75.1 Å². The molecule has 0 radical (unpaired) electrons. The van der Waals surface area contributed by atoms with E-state index in [1.807, 2.05) is 12.1 Å². The predicted molar refractivity (Wildman–Crippen MR) is 87.2 cm³/mol. The second-order valence-electron chi connectivity index (χ2n) is 5.92. The molecule has 2 N–H and O–H groups in total. The van der Waals surface area contributed by atoms with Crippen LogP contribution in [-0.2, 0) is 6.42 Å². The Morgan fingerprint density at radius 3 is 2.70 bits per heavy atom. The van der Waals surface area contributed by atoms with Crippen LogP contribution in [-0.4, -0.2) is 33.1 Å². The van der Waals surface area contributed by atoms with Crippen LogP contribution in [0, 0.1) is 5.92 Å². The molecule has 1 saturated carbocycles. The van der Waals surface area contributed by atoms with Gasteiger partial charge in [0.2, 0.25) is 0 Å². The Morgan fingerprint density at radius 2 is 2.04 bits per heavy atom. The van der Waals surface area contributed by atoms with Gasteiger partial charge in [-0.05, 0) is 48.9 Å². The molecule has 120 valence electrons. The van der Waals surface area contributed by atoms with Gasteiger partial charge in [-0.3, -0.25) is 14.8 Å². The normalized spacial score (nSPS) is 21.3. The number of amides is 1. The van der Waals surface area contributed by atoms with Gasteiger partial charge in [0.05, 0.1) is 16.7 Å². The number of aliphatic hydroxyl groups is 1. The fourth-order valence-corrected chi connectivity index (χ4v) is 3.03. The monoisotopic (exact) mass is 331 g/mol. The Morgan fingerprint density at radius 1 is 1.30 bits per heavy atom. The summed E-state index contributed by atoms with van der Waals surface area (Å²) in [6.45, 7) is 0. The Kier molecular flexibility index (Phi) is 4.88. The van der Waals surface area contributed by atoms with Gasteiger partial charge in [-0.2, -0.15) is 0 Å². The van der Waals surface area contributed by atoms with Crippen LogP contribution < -0.4 is 5.32 Å². The van der Waals surface area contributed by atoms with Crippen LogP contribution in [0.1, 0.15) is 28.8 Å². The lowest BCUT2D eigenvalue weighted by Gasteiger charge is -2.38. The number of hydrogen-bond acceptors (Lipinski definition) is 4. The van der Waals surface area contributed by atoms with Crippen molar-refractivity contribution in [3.63, 3.8) is 0 Å². The minimum atomic E-state index is -0.260. The van der Waals surface area contributed by atoms with Crippen molar-refractivity contribution >= 4 is 17.5 Å². The van der Waals surface area contributed by atoms with E-state index in [0.29, 0.717) is 29.8 Å². The van der Waals surface area contributed by atoms with Crippen LogP contribution in [0.5, 0.6) is 0 Å². The summed E-state index contributed by atoms with van der Waals surface area (Å²) < 4.78 is 0. The highest BCUT2D eigenvalue weighted by Gasteiger charge is 2.34. The van der Waals surface area contributed by atoms with Crippen molar-refractivity contribution in [1.29, 1.82) is 0 Å². The molecule has 0 bridgehead atoms. The van der Waals surface area contributed by atoms with Gasteiger partial charge in [0.15, 0.2) is 0 Å². The molecule has 1 aliphatic carbocycles. The van der Waals surface area contributed by atoms with Crippen LogP contribution >= 0.6 is 11.6 Å². The number of carbonyl (C=O) groups is 1. The van der Waals surface area contributed by atoms with E-state index in [4.69, 9.17) is 11.6 Å². The molecule has 1 atom stereocenters. The summed E-state index contributed by atoms with van der Waals surface area (Å²) in [7, 11) is 0. The Bertz CT molecular complexity index is 675. The van der Waals surface area contributed by atoms with Crippen LogP contribution in [0.25, 0.3) is 0 Å². The maximum atomic E-state index is 12.4. The minimum absolute atomic E-state index is 0.0349. The van der Waals surface area contributed by atoms with Gasteiger partial charge in [-0.25, -0.2) is 0 Å². The predicted octanol–water partition coefficient (Wildman–Crippen LogP) is 2.24. The lowest BCUT2D eigenvalue weighted by Crippen LogP contribution is -2.48. The minimum Gasteiger partial charge on any atom is -0.393 e. The highest BCUT2D eigenvalue weighted by molar-refractivity contribution is 6.30. The molecule has 2 heterocycles. The smallest absolute Gasteiger partial charge is 0.253 e. The molecular weight excluding hydrogens is 314 g/mol. The van der Waals surface area contributed by atoms with Crippen molar-refractivity contribution in [1.82, 2.24) is 15.3 Å². The molecule has 0 aliphatic heterocycles. The van der Waals surface area contributed by atoms with Gasteiger partial charge >= 0.3 is 0 Å². The fourth-order valence-electron chi connectivity index (χ4n) is 2.85. The zero-order valence-corrected chi connectivity index (χ0v) is 13.3. The third kappa shape index (κ3) is 4.06. The maximum absolute atomic E-state index is 12.4. The van der Waals surface area contributed by atoms with Crippen LogP contribution in [0.3, 0.4) is 0 Å². The van der Waals surface area contributed by atoms with E-state index < -0.39 is 0 Å². The van der Waals surface area contributed by atoms with Crippen molar-refractivity contribution in [3.8, 4) is 0 Å². The van der Waals surface area contributed by atoms with E-state index in [1.165, 1.54) is 12.4 Å². The standard InChI is InChI=1S/C17H18ClN3O2/c18-14-6-13(9-20-10-14)17(23)21-16(12-7-15(22)8-12)5-11-1-3-19-4-2-11/h1-4,6,9-10,12,15-16,22H,5,7-8H2,(H,21,23)/t12?,15?,16-/m1/s1. The zero-order chi connectivity index (χ0) is 16.2. The van der Waals surface area contributed by atoms with E-state index in [9.17, 15) is 9.90 Å². The number of aromatic nitrogens is 2. The number of carbonyl (C=O) groups excluding carboxylic acids is 1. The lowest BCUT2D eigenvalue weighted by molar-refractivity contribution is 0.0239. The molecule has 3 rings (SSSR count). The van der Waals surface area contributed by atoms with Crippen LogP contribution in [0.15, 0.2) is 43.0 Å². The lowest BCUT2D eigenvalue weighted by atomic mass is 9.75. The summed E-state index contributed by atoms with van der Waals surface area (Å²) in [6, 6.07) is 5.44. The van der Waals surface area contributed by atoms with Crippen LogP contribution in [0.4, 0.5) is 0 Å². The van der Waals surface area contributed by atoms with Gasteiger partial charge in [-0.1, -0.05) is 11.6 Å². The van der Waals surface area contributed by atoms with Crippen molar-refractivity contribution in [3.05, 3.63) is 59.1 Å². The SMILES string of the molecule is O=C(N[C@H](Cc1ccncc1)C1CC(O)C1)c1cncc(Cl)c1. The summed E-state index contributed by atoms with van der Waals surface area (Å²) in [5.74, 6) is 0.0784. The molecule has 2 aromatic heterocycles. The average Bonchev–Trinajstić information content (AvgIpc) is 2.52. The Hall–Kier alpha value is -1.98. The Balaban J connectivity index is 1.72. The number of hydrogen-bond donors (Lipinski definition) is 2. The molecule has 0 unspecified atom stereocenters. The third-order valence-corrected chi connectivity index (χ3v) is 4.41. The summed E-state index contributed by atoms with van der Waals surface area (Å²) in [5.41, 5.74) is 1.55. The average molecular weight is 332 g/mol. The second-order valence-corrected chi connectivity index (χ2v) is 6.35. The summed E-state index contributed by atoms with van der Waals surface area (Å²) in [5, 5.41) is 13.1. The number of nitrogens with one attached hydrogen (secondary N) is 1. The molecule has 2 aromatic rings. The molecule has 0 spiro atoms. The molecule has 0 saturated heterocycles. The molecule has 1 aliphatic rings. The first kappa shape index (κ1) is 15.9. The third-order valence-electron chi connectivity index (χ3n) is 4.21. The zero-order valence-electron chi connectivity index (χ0n) is 12.5. The number of aliphatic hydroxyl groups excluding tert-OH is 1. The number of halogens is 1. The van der Waals surface area contributed by atoms with Gasteiger partial charge in [-0.15, -0.1) is 0 Å². The summed E-state index contributed by atoms with van der Waals surface area (Å²) in [6.07, 6.45) is 8.35. The molecule has 6 heteroatoms. The van der Waals surface area contributed by atoms with Crippen molar-refractivity contribution < 1.29 is 9.90 Å². The molecule has 1 fully saturated rings. The van der Waals surface area contributed by atoms with Gasteiger partial charge < -0.3 is 10.4 Å². The van der Waals surface area contributed by atoms with Gasteiger partial charge in [0.25, 0.3) is 5.91 Å². The van der Waals surface area contributed by atoms with Crippen LogP contribution in [0.2, 0.25) is 5.02 Å². The van der Waals surface area contributed by atoms with Crippen molar-refractivity contribution in [2.24, 2.45) is 5.92 Å². The van der Waals surface area contributed by atoms with E-state index in [1.54, 1.807) is 18.5 Å². The van der Waals surface area contributed by atoms with Crippen molar-refractivity contribution in [2.45, 2.75) is 31.4 Å². The molecule has 0 aromatic carbocycles. The van der Waals surface area contributed by atoms with Crippen molar-refractivity contribution in [2.75, 3.05) is 0 Å². The van der Waals surface area contributed by atoms with E-state index in [0.717, 1.165) is 5.56 Å². The molecular formula is C17H18ClN3O2. The molecule has 5 nitrogen and oxygen atoms in total. The number of nitrogens with zero attached hydrogens (tertiary/aromatic N) is 2. The van der Waals surface area contributed by atoms with Gasteiger partial charge in [0.1, 0.15) is 0 Å². The highest BCUT2D eigenvalue weighted by Crippen LogP contribution is 2.31. The summed E-state index contributed by atoms with van der Waals surface area (Å²) >= 11 is 5.89. The highest BCUT2D eigenvalue weighted by atomic mass is 35.5. The fraction of sp³-hybridized carbons (Fsp3) is 0.353.